The van der Waals surface area contributed by atoms with Crippen molar-refractivity contribution < 1.29 is 10.4 Å². The number of oxime groups is 2. The molecule has 6 nitrogen and oxygen atoms in total. The highest BCUT2D eigenvalue weighted by atomic mass is 16.5. The molecule has 88 valence electrons. The second-order valence-corrected chi connectivity index (χ2v) is 3.76. The molecule has 0 aromatic rings. The predicted molar refractivity (Wildman–Crippen MR) is 58.5 cm³/mol. The second kappa shape index (κ2) is 6.36. The lowest BCUT2D eigenvalue weighted by Crippen LogP contribution is -2.44. The molecule has 0 spiro atoms. The maximum absolute atomic E-state index is 11.0. The Bertz CT molecular complexity index is 225. The first kappa shape index (κ1) is 13.9. The summed E-state index contributed by atoms with van der Waals surface area (Å²) in [6.45, 7) is 5.11. The highest BCUT2D eigenvalue weighted by Crippen LogP contribution is 2.21. The maximum Gasteiger partial charge on any atom is 0.0558 e. The molecule has 0 atom stereocenters. The first-order valence-electron chi connectivity index (χ1n) is 4.78. The van der Waals surface area contributed by atoms with Gasteiger partial charge in [-0.05, 0) is 20.3 Å². The van der Waals surface area contributed by atoms with Crippen LogP contribution in [0.2, 0.25) is 0 Å². The molecule has 0 unspecified atom stereocenters. The molecule has 0 heterocycles. The van der Waals surface area contributed by atoms with Crippen LogP contribution in [0.1, 0.15) is 40.0 Å². The molecule has 0 amide bonds. The van der Waals surface area contributed by atoms with E-state index in [4.69, 9.17) is 10.4 Å². The summed E-state index contributed by atoms with van der Waals surface area (Å²) in [5.74, 6) is 0. The Hall–Kier alpha value is -1.14. The van der Waals surface area contributed by atoms with Crippen LogP contribution in [0.25, 0.3) is 0 Å². The van der Waals surface area contributed by atoms with Crippen LogP contribution in [-0.4, -0.2) is 27.4 Å². The summed E-state index contributed by atoms with van der Waals surface area (Å²) in [6.07, 6.45) is 1.18. The summed E-state index contributed by atoms with van der Waals surface area (Å²) in [7, 11) is 0. The Kier molecular flexibility index (Phi) is 5.88. The molecular formula is C9H18N3O3-. The van der Waals surface area contributed by atoms with Crippen molar-refractivity contribution in [3.63, 3.8) is 0 Å². The van der Waals surface area contributed by atoms with E-state index >= 15 is 0 Å². The van der Waals surface area contributed by atoms with Crippen LogP contribution >= 0.6 is 0 Å². The SMILES string of the molecule is CCC(CC(C)=NO)(CC(C)=NO)N[O-]. The van der Waals surface area contributed by atoms with E-state index in [0.29, 0.717) is 30.7 Å². The van der Waals surface area contributed by atoms with Crippen molar-refractivity contribution >= 4 is 11.4 Å². The van der Waals surface area contributed by atoms with Gasteiger partial charge in [0.05, 0.1) is 11.4 Å². The van der Waals surface area contributed by atoms with Gasteiger partial charge in [-0.25, -0.2) is 0 Å². The number of rotatable bonds is 6. The lowest BCUT2D eigenvalue weighted by atomic mass is 9.86. The molecule has 0 rings (SSSR count). The number of nitrogens with zero attached hydrogens (tertiary/aromatic N) is 2. The predicted octanol–water partition coefficient (Wildman–Crippen LogP) is 1.70. The van der Waals surface area contributed by atoms with Crippen LogP contribution in [0.5, 0.6) is 0 Å². The van der Waals surface area contributed by atoms with Gasteiger partial charge < -0.3 is 21.1 Å². The Balaban J connectivity index is 4.72. The molecule has 0 radical (unpaired) electrons. The molecule has 3 N–H and O–H groups in total. The van der Waals surface area contributed by atoms with Crippen LogP contribution in [0.3, 0.4) is 0 Å². The maximum atomic E-state index is 11.0. The second-order valence-electron chi connectivity index (χ2n) is 3.76. The van der Waals surface area contributed by atoms with Crippen molar-refractivity contribution in [1.29, 1.82) is 0 Å². The van der Waals surface area contributed by atoms with Crippen LogP contribution < -0.4 is 5.48 Å². The summed E-state index contributed by atoms with van der Waals surface area (Å²) in [5, 5.41) is 34.2. The fourth-order valence-electron chi connectivity index (χ4n) is 1.51. The lowest BCUT2D eigenvalue weighted by molar-refractivity contribution is 0.303. The molecule has 0 fully saturated rings. The van der Waals surface area contributed by atoms with Crippen LogP contribution in [0, 0.1) is 5.21 Å². The molecule has 0 bridgehead atoms. The van der Waals surface area contributed by atoms with Gasteiger partial charge in [-0.15, -0.1) is 0 Å². The minimum absolute atomic E-state index is 0.316. The molecule has 0 saturated heterocycles. The van der Waals surface area contributed by atoms with Gasteiger partial charge in [-0.2, -0.15) is 0 Å². The number of hydroxylamine groups is 1. The zero-order chi connectivity index (χ0) is 11.9. The van der Waals surface area contributed by atoms with Gasteiger partial charge in [0.15, 0.2) is 0 Å². The normalized spacial score (nSPS) is 17.6. The fraction of sp³-hybridized carbons (Fsp3) is 0.778. The molecule has 0 aliphatic heterocycles. The monoisotopic (exact) mass is 216 g/mol. The third-order valence-corrected chi connectivity index (χ3v) is 2.42. The topological polar surface area (TPSA) is 100 Å². The first-order chi connectivity index (χ1) is 7.03. The Morgan fingerprint density at radius 3 is 1.80 bits per heavy atom. The Morgan fingerprint density at radius 2 is 1.60 bits per heavy atom. The van der Waals surface area contributed by atoms with Crippen LogP contribution in [0.15, 0.2) is 10.3 Å². The largest absolute Gasteiger partial charge is 0.787 e. The van der Waals surface area contributed by atoms with Gasteiger partial charge >= 0.3 is 0 Å². The summed E-state index contributed by atoms with van der Waals surface area (Å²) < 4.78 is 0. The van der Waals surface area contributed by atoms with E-state index in [2.05, 4.69) is 10.3 Å². The van der Waals surface area contributed by atoms with Crippen molar-refractivity contribution in [2.45, 2.75) is 45.6 Å². The van der Waals surface area contributed by atoms with E-state index in [0.717, 1.165) is 0 Å². The van der Waals surface area contributed by atoms with Crippen molar-refractivity contribution in [3.05, 3.63) is 5.21 Å². The van der Waals surface area contributed by atoms with Crippen molar-refractivity contribution in [1.82, 2.24) is 5.48 Å². The molecule has 0 aliphatic carbocycles. The Morgan fingerprint density at radius 1 is 1.20 bits per heavy atom. The van der Waals surface area contributed by atoms with Gasteiger partial charge in [-0.3, -0.25) is 0 Å². The van der Waals surface area contributed by atoms with Gasteiger partial charge in [0.1, 0.15) is 0 Å². The summed E-state index contributed by atoms with van der Waals surface area (Å²) in [6, 6.07) is 0. The molecule has 6 heteroatoms. The van der Waals surface area contributed by atoms with E-state index in [1.54, 1.807) is 13.8 Å². The lowest BCUT2D eigenvalue weighted by Gasteiger charge is -2.37. The van der Waals surface area contributed by atoms with Crippen molar-refractivity contribution in [2.24, 2.45) is 10.3 Å². The smallest absolute Gasteiger partial charge is 0.0558 e. The molecular weight excluding hydrogens is 198 g/mol. The minimum Gasteiger partial charge on any atom is -0.787 e. The van der Waals surface area contributed by atoms with Gasteiger partial charge in [-0.1, -0.05) is 17.2 Å². The zero-order valence-corrected chi connectivity index (χ0v) is 9.32. The van der Waals surface area contributed by atoms with E-state index < -0.39 is 5.54 Å². The summed E-state index contributed by atoms with van der Waals surface area (Å²) >= 11 is 0. The highest BCUT2D eigenvalue weighted by Gasteiger charge is 2.26. The van der Waals surface area contributed by atoms with E-state index in [1.165, 1.54) is 0 Å². The highest BCUT2D eigenvalue weighted by molar-refractivity contribution is 5.86. The van der Waals surface area contributed by atoms with Gasteiger partial charge in [0.2, 0.25) is 0 Å². The summed E-state index contributed by atoms with van der Waals surface area (Å²) in [5.41, 5.74) is 2.13. The number of hydrogen-bond donors (Lipinski definition) is 3. The molecule has 15 heavy (non-hydrogen) atoms. The molecule has 0 aromatic heterocycles. The third kappa shape index (κ3) is 4.26. The molecule has 0 aliphatic rings. The van der Waals surface area contributed by atoms with Crippen LogP contribution in [-0.2, 0) is 0 Å². The standard InChI is InChI=1S/C9H18N3O3/c1-4-9(12-15,5-7(2)10-13)6-8(3)11-14/h12-14H,4-6H2,1-3H3/q-1. The number of hydrogen-bond acceptors (Lipinski definition) is 6. The van der Waals surface area contributed by atoms with Crippen molar-refractivity contribution in [3.8, 4) is 0 Å². The quantitative estimate of drug-likeness (QED) is 0.357. The zero-order valence-electron chi connectivity index (χ0n) is 9.32. The number of nitrogens with one attached hydrogen (secondary N) is 1. The van der Waals surface area contributed by atoms with E-state index in [-0.39, 0.29) is 0 Å². The average Bonchev–Trinajstić information content (AvgIpc) is 2.27. The van der Waals surface area contributed by atoms with E-state index in [9.17, 15) is 5.21 Å². The van der Waals surface area contributed by atoms with Crippen molar-refractivity contribution in [2.75, 3.05) is 0 Å². The average molecular weight is 216 g/mol. The Labute approximate surface area is 89.2 Å². The molecule has 0 saturated carbocycles. The van der Waals surface area contributed by atoms with Crippen LogP contribution in [0.4, 0.5) is 0 Å². The van der Waals surface area contributed by atoms with E-state index in [1.807, 2.05) is 12.4 Å². The minimum atomic E-state index is -0.757. The van der Waals surface area contributed by atoms with Gasteiger partial charge in [0.25, 0.3) is 0 Å². The third-order valence-electron chi connectivity index (χ3n) is 2.42. The van der Waals surface area contributed by atoms with Gasteiger partial charge in [0, 0.05) is 18.4 Å². The molecule has 0 aromatic carbocycles. The fourth-order valence-corrected chi connectivity index (χ4v) is 1.51. The summed E-state index contributed by atoms with van der Waals surface area (Å²) in [4.78, 5) is 0. The first-order valence-corrected chi connectivity index (χ1v) is 4.78.